The van der Waals surface area contributed by atoms with Gasteiger partial charge in [0.05, 0.1) is 5.52 Å². The lowest BCUT2D eigenvalue weighted by Gasteiger charge is -2.37. The van der Waals surface area contributed by atoms with E-state index in [-0.39, 0.29) is 11.5 Å². The molecule has 1 aromatic carbocycles. The minimum Gasteiger partial charge on any atom is -0.368 e. The van der Waals surface area contributed by atoms with Crippen molar-refractivity contribution in [3.63, 3.8) is 0 Å². The molecule has 0 unspecified atom stereocenters. The molecule has 0 saturated carbocycles. The Morgan fingerprint density at radius 2 is 1.93 bits per heavy atom. The number of nitrogens with zero attached hydrogens (tertiary/aromatic N) is 3. The van der Waals surface area contributed by atoms with Crippen molar-refractivity contribution in [3.8, 4) is 0 Å². The number of H-pyrrole nitrogens is 1. The summed E-state index contributed by atoms with van der Waals surface area (Å²) in [5.41, 5.74) is 3.56. The van der Waals surface area contributed by atoms with Gasteiger partial charge >= 0.3 is 0 Å². The SMILES string of the molecule is CNC(=O)c1ccc(N2CCN(c3nc4ccsc4c(=O)[nH]3)CC2)c(C)c1. The van der Waals surface area contributed by atoms with Crippen molar-refractivity contribution in [2.45, 2.75) is 6.92 Å². The first-order valence-electron chi connectivity index (χ1n) is 8.87. The lowest BCUT2D eigenvalue weighted by Crippen LogP contribution is -2.47. The van der Waals surface area contributed by atoms with E-state index in [1.54, 1.807) is 7.05 Å². The highest BCUT2D eigenvalue weighted by Crippen LogP contribution is 2.24. The van der Waals surface area contributed by atoms with Crippen LogP contribution in [0.25, 0.3) is 10.2 Å². The van der Waals surface area contributed by atoms with Gasteiger partial charge in [0.2, 0.25) is 5.95 Å². The third-order valence-corrected chi connectivity index (χ3v) is 5.81. The zero-order valence-electron chi connectivity index (χ0n) is 15.3. The molecule has 1 aliphatic rings. The lowest BCUT2D eigenvalue weighted by atomic mass is 10.1. The van der Waals surface area contributed by atoms with Gasteiger partial charge in [0.15, 0.2) is 0 Å². The van der Waals surface area contributed by atoms with Crippen LogP contribution >= 0.6 is 11.3 Å². The number of hydrogen-bond donors (Lipinski definition) is 2. The maximum Gasteiger partial charge on any atom is 0.270 e. The summed E-state index contributed by atoms with van der Waals surface area (Å²) >= 11 is 1.41. The van der Waals surface area contributed by atoms with E-state index in [0.29, 0.717) is 16.2 Å². The molecule has 8 heteroatoms. The number of benzene rings is 1. The molecule has 2 N–H and O–H groups in total. The van der Waals surface area contributed by atoms with Crippen LogP contribution in [-0.2, 0) is 0 Å². The number of piperazine rings is 1. The molecule has 3 heterocycles. The first-order chi connectivity index (χ1) is 13.1. The predicted octanol–water partition coefficient (Wildman–Crippen LogP) is 1.98. The van der Waals surface area contributed by atoms with Crippen molar-refractivity contribution < 1.29 is 4.79 Å². The molecule has 0 spiro atoms. The highest BCUT2D eigenvalue weighted by molar-refractivity contribution is 7.17. The number of nitrogens with one attached hydrogen (secondary N) is 2. The number of carbonyl (C=O) groups excluding carboxylic acids is 1. The van der Waals surface area contributed by atoms with Crippen molar-refractivity contribution >= 4 is 39.1 Å². The molecule has 0 aliphatic carbocycles. The average molecular weight is 383 g/mol. The monoisotopic (exact) mass is 383 g/mol. The minimum absolute atomic E-state index is 0.0756. The molecule has 0 atom stereocenters. The van der Waals surface area contributed by atoms with Crippen molar-refractivity contribution in [2.24, 2.45) is 0 Å². The van der Waals surface area contributed by atoms with Gasteiger partial charge in [0.25, 0.3) is 11.5 Å². The van der Waals surface area contributed by atoms with Crippen LogP contribution in [0.2, 0.25) is 0 Å². The van der Waals surface area contributed by atoms with Gasteiger partial charge in [0.1, 0.15) is 4.70 Å². The van der Waals surface area contributed by atoms with Crippen LogP contribution in [0.1, 0.15) is 15.9 Å². The number of anilines is 2. The normalized spacial score (nSPS) is 14.6. The Morgan fingerprint density at radius 3 is 2.63 bits per heavy atom. The fourth-order valence-corrected chi connectivity index (χ4v) is 4.19. The van der Waals surface area contributed by atoms with E-state index in [1.807, 2.05) is 36.6 Å². The Morgan fingerprint density at radius 1 is 1.19 bits per heavy atom. The molecule has 1 fully saturated rings. The fourth-order valence-electron chi connectivity index (χ4n) is 3.47. The molecular formula is C19H21N5O2S. The van der Waals surface area contributed by atoms with Crippen LogP contribution < -0.4 is 20.7 Å². The molecule has 2 aromatic heterocycles. The third kappa shape index (κ3) is 3.28. The Labute approximate surface area is 160 Å². The van der Waals surface area contributed by atoms with Gasteiger partial charge in [-0.05, 0) is 42.1 Å². The Balaban J connectivity index is 1.50. The summed E-state index contributed by atoms with van der Waals surface area (Å²) in [6, 6.07) is 7.67. The quantitative estimate of drug-likeness (QED) is 0.723. The van der Waals surface area contributed by atoms with Crippen molar-refractivity contribution in [1.29, 1.82) is 0 Å². The van der Waals surface area contributed by atoms with Crippen molar-refractivity contribution in [3.05, 3.63) is 51.1 Å². The number of carbonyl (C=O) groups is 1. The van der Waals surface area contributed by atoms with E-state index in [1.165, 1.54) is 11.3 Å². The number of aromatic amines is 1. The maximum absolute atomic E-state index is 12.2. The van der Waals surface area contributed by atoms with Gasteiger partial charge in [-0.25, -0.2) is 4.98 Å². The second-order valence-corrected chi connectivity index (χ2v) is 7.50. The Bertz CT molecular complexity index is 1050. The van der Waals surface area contributed by atoms with Gasteiger partial charge in [-0.1, -0.05) is 0 Å². The number of thiophene rings is 1. The number of rotatable bonds is 3. The summed E-state index contributed by atoms with van der Waals surface area (Å²) in [4.78, 5) is 35.9. The number of fused-ring (bicyclic) bond motifs is 1. The van der Waals surface area contributed by atoms with Crippen LogP contribution in [0.5, 0.6) is 0 Å². The Hall–Kier alpha value is -2.87. The lowest BCUT2D eigenvalue weighted by molar-refractivity contribution is 0.0963. The van der Waals surface area contributed by atoms with Crippen LogP contribution in [0, 0.1) is 6.92 Å². The molecule has 4 rings (SSSR count). The van der Waals surface area contributed by atoms with Crippen molar-refractivity contribution in [2.75, 3.05) is 43.0 Å². The third-order valence-electron chi connectivity index (χ3n) is 4.91. The van der Waals surface area contributed by atoms with Crippen LogP contribution in [0.3, 0.4) is 0 Å². The number of aryl methyl sites for hydroxylation is 1. The minimum atomic E-state index is -0.0759. The topological polar surface area (TPSA) is 81.3 Å². The van der Waals surface area contributed by atoms with E-state index >= 15 is 0 Å². The summed E-state index contributed by atoms with van der Waals surface area (Å²) in [6.07, 6.45) is 0. The summed E-state index contributed by atoms with van der Waals surface area (Å²) < 4.78 is 0.671. The predicted molar refractivity (Wildman–Crippen MR) is 109 cm³/mol. The van der Waals surface area contributed by atoms with Gasteiger partial charge in [-0.15, -0.1) is 11.3 Å². The zero-order valence-corrected chi connectivity index (χ0v) is 16.1. The highest BCUT2D eigenvalue weighted by Gasteiger charge is 2.21. The smallest absolute Gasteiger partial charge is 0.270 e. The van der Waals surface area contributed by atoms with Crippen LogP contribution in [0.4, 0.5) is 11.6 Å². The molecular weight excluding hydrogens is 362 g/mol. The van der Waals surface area contributed by atoms with Gasteiger partial charge < -0.3 is 15.1 Å². The summed E-state index contributed by atoms with van der Waals surface area (Å²) in [5, 5.41) is 4.54. The molecule has 0 bridgehead atoms. The first kappa shape index (κ1) is 17.5. The highest BCUT2D eigenvalue weighted by atomic mass is 32.1. The second-order valence-electron chi connectivity index (χ2n) is 6.58. The second kappa shape index (κ2) is 7.03. The summed E-state index contributed by atoms with van der Waals surface area (Å²) in [5.74, 6) is 0.561. The van der Waals surface area contributed by atoms with Crippen LogP contribution in [0.15, 0.2) is 34.4 Å². The standard InChI is InChI=1S/C19H21N5O2S/c1-12-11-13(17(25)20-2)3-4-15(12)23-6-8-24(9-7-23)19-21-14-5-10-27-16(14)18(26)22-19/h3-5,10-11H,6-9H2,1-2H3,(H,20,25)(H,21,22,26). The molecule has 1 aliphatic heterocycles. The Kier molecular flexibility index (Phi) is 4.57. The van der Waals surface area contributed by atoms with Gasteiger partial charge in [-0.2, -0.15) is 0 Å². The van der Waals surface area contributed by atoms with Crippen molar-refractivity contribution in [1.82, 2.24) is 15.3 Å². The number of aromatic nitrogens is 2. The van der Waals surface area contributed by atoms with Crippen LogP contribution in [-0.4, -0.2) is 49.1 Å². The van der Waals surface area contributed by atoms with E-state index in [9.17, 15) is 9.59 Å². The first-order valence-corrected chi connectivity index (χ1v) is 9.75. The maximum atomic E-state index is 12.2. The molecule has 0 radical (unpaired) electrons. The number of amides is 1. The molecule has 7 nitrogen and oxygen atoms in total. The molecule has 27 heavy (non-hydrogen) atoms. The molecule has 140 valence electrons. The molecule has 3 aromatic rings. The van der Waals surface area contributed by atoms with Gasteiger partial charge in [-0.3, -0.25) is 14.6 Å². The fraction of sp³-hybridized carbons (Fsp3) is 0.316. The summed E-state index contributed by atoms with van der Waals surface area (Å²) in [6.45, 7) is 5.22. The molecule has 1 saturated heterocycles. The largest absolute Gasteiger partial charge is 0.368 e. The van der Waals surface area contributed by atoms with E-state index in [2.05, 4.69) is 25.1 Å². The summed E-state index contributed by atoms with van der Waals surface area (Å²) in [7, 11) is 1.64. The van der Waals surface area contributed by atoms with Gasteiger partial charge in [0, 0.05) is 44.5 Å². The average Bonchev–Trinajstić information content (AvgIpc) is 3.17. The number of hydrogen-bond acceptors (Lipinski definition) is 6. The zero-order chi connectivity index (χ0) is 19.0. The van der Waals surface area contributed by atoms with E-state index in [0.717, 1.165) is 42.9 Å². The molecule has 1 amide bonds. The van der Waals surface area contributed by atoms with E-state index < -0.39 is 0 Å². The van der Waals surface area contributed by atoms with E-state index in [4.69, 9.17) is 0 Å².